The summed E-state index contributed by atoms with van der Waals surface area (Å²) in [7, 11) is 1.58. The third-order valence-electron chi connectivity index (χ3n) is 6.69. The van der Waals surface area contributed by atoms with Gasteiger partial charge in [0, 0.05) is 11.1 Å². The van der Waals surface area contributed by atoms with E-state index in [0.29, 0.717) is 56.6 Å². The van der Waals surface area contributed by atoms with Crippen LogP contribution in [-0.4, -0.2) is 37.5 Å². The quantitative estimate of drug-likeness (QED) is 0.250. The summed E-state index contributed by atoms with van der Waals surface area (Å²) in [5, 5.41) is 0. The molecule has 0 saturated heterocycles. The maximum atomic E-state index is 14.2. The molecule has 1 atom stereocenters. The summed E-state index contributed by atoms with van der Waals surface area (Å²) >= 11 is 1.25. The summed E-state index contributed by atoms with van der Waals surface area (Å²) in [6.07, 6.45) is 1.78. The van der Waals surface area contributed by atoms with Gasteiger partial charge in [-0.15, -0.1) is 0 Å². The smallest absolute Gasteiger partial charge is 0.338 e. The SMILES string of the molecule is CCOC(=O)C1=C(c2ccccc2)N=c2s/c(=C\c3cccc(OC)c3OCC)c(=O)n2[C@@H]1c1ccc(OCC)cc1. The number of esters is 1. The number of fused-ring (bicyclic) bond motifs is 1. The van der Waals surface area contributed by atoms with Gasteiger partial charge in [0.1, 0.15) is 5.75 Å². The number of para-hydroxylation sites is 1. The van der Waals surface area contributed by atoms with Crippen LogP contribution in [0.3, 0.4) is 0 Å². The zero-order valence-electron chi connectivity index (χ0n) is 24.0. The molecule has 0 N–H and O–H groups in total. The first-order valence-electron chi connectivity index (χ1n) is 13.8. The van der Waals surface area contributed by atoms with E-state index in [1.807, 2.05) is 86.6 Å². The number of hydrogen-bond donors (Lipinski definition) is 0. The molecule has 1 aromatic heterocycles. The fraction of sp³-hybridized carbons (Fsp3) is 0.242. The van der Waals surface area contributed by atoms with Crippen LogP contribution in [0.4, 0.5) is 0 Å². The highest BCUT2D eigenvalue weighted by molar-refractivity contribution is 7.07. The van der Waals surface area contributed by atoms with Gasteiger partial charge in [-0.05, 0) is 50.6 Å². The topological polar surface area (TPSA) is 88.4 Å². The van der Waals surface area contributed by atoms with E-state index in [2.05, 4.69) is 0 Å². The molecule has 2 heterocycles. The second-order valence-electron chi connectivity index (χ2n) is 9.25. The Bertz CT molecular complexity index is 1790. The van der Waals surface area contributed by atoms with Crippen LogP contribution in [0, 0.1) is 0 Å². The third-order valence-corrected chi connectivity index (χ3v) is 7.67. The molecule has 1 aliphatic heterocycles. The first-order valence-corrected chi connectivity index (χ1v) is 14.6. The van der Waals surface area contributed by atoms with Crippen molar-refractivity contribution >= 4 is 29.1 Å². The van der Waals surface area contributed by atoms with Crippen molar-refractivity contribution in [1.82, 2.24) is 4.57 Å². The number of hydrogen-bond acceptors (Lipinski definition) is 8. The van der Waals surface area contributed by atoms with Crippen LogP contribution < -0.4 is 29.1 Å². The summed E-state index contributed by atoms with van der Waals surface area (Å²) in [5.41, 5.74) is 2.66. The fourth-order valence-corrected chi connectivity index (χ4v) is 5.91. The van der Waals surface area contributed by atoms with Gasteiger partial charge >= 0.3 is 5.97 Å². The Kier molecular flexibility index (Phi) is 8.88. The molecule has 216 valence electrons. The van der Waals surface area contributed by atoms with E-state index in [-0.39, 0.29) is 12.2 Å². The molecule has 42 heavy (non-hydrogen) atoms. The number of aromatic nitrogens is 1. The number of carbonyl (C=O) groups excluding carboxylic acids is 1. The highest BCUT2D eigenvalue weighted by atomic mass is 32.1. The Morgan fingerprint density at radius 2 is 1.67 bits per heavy atom. The summed E-state index contributed by atoms with van der Waals surface area (Å²) in [6.45, 7) is 6.70. The minimum atomic E-state index is -0.773. The molecule has 0 unspecified atom stereocenters. The molecule has 9 heteroatoms. The first kappa shape index (κ1) is 28.9. The van der Waals surface area contributed by atoms with Crippen molar-refractivity contribution in [3.8, 4) is 17.2 Å². The fourth-order valence-electron chi connectivity index (χ4n) is 4.92. The molecule has 0 bridgehead atoms. The largest absolute Gasteiger partial charge is 0.494 e. The number of methoxy groups -OCH3 is 1. The summed E-state index contributed by atoms with van der Waals surface area (Å²) in [5.74, 6) is 1.29. The molecule has 0 amide bonds. The van der Waals surface area contributed by atoms with Gasteiger partial charge in [0.25, 0.3) is 5.56 Å². The molecule has 0 radical (unpaired) electrons. The molecular formula is C33H32N2O6S. The Morgan fingerprint density at radius 1 is 0.929 bits per heavy atom. The Morgan fingerprint density at radius 3 is 2.33 bits per heavy atom. The Labute approximate surface area is 247 Å². The number of rotatable bonds is 10. The molecule has 0 fully saturated rings. The number of ether oxygens (including phenoxy) is 4. The maximum absolute atomic E-state index is 14.2. The molecular weight excluding hydrogens is 552 g/mol. The van der Waals surface area contributed by atoms with Crippen LogP contribution in [0.2, 0.25) is 0 Å². The highest BCUT2D eigenvalue weighted by Crippen LogP contribution is 2.36. The van der Waals surface area contributed by atoms with E-state index in [1.165, 1.54) is 11.3 Å². The van der Waals surface area contributed by atoms with Crippen molar-refractivity contribution in [2.24, 2.45) is 4.99 Å². The van der Waals surface area contributed by atoms with E-state index in [9.17, 15) is 9.59 Å². The molecule has 0 aliphatic carbocycles. The molecule has 0 saturated carbocycles. The van der Waals surface area contributed by atoms with Crippen molar-refractivity contribution < 1.29 is 23.7 Å². The van der Waals surface area contributed by atoms with Crippen molar-refractivity contribution in [3.05, 3.63) is 115 Å². The second kappa shape index (κ2) is 12.9. The number of benzene rings is 3. The van der Waals surface area contributed by atoms with Crippen molar-refractivity contribution in [2.45, 2.75) is 26.8 Å². The van der Waals surface area contributed by atoms with Crippen LogP contribution in [0.1, 0.15) is 43.5 Å². The number of nitrogens with zero attached hydrogens (tertiary/aromatic N) is 2. The van der Waals surface area contributed by atoms with Crippen molar-refractivity contribution in [3.63, 3.8) is 0 Å². The van der Waals surface area contributed by atoms with Gasteiger partial charge < -0.3 is 18.9 Å². The molecule has 1 aliphatic rings. The van der Waals surface area contributed by atoms with E-state index < -0.39 is 12.0 Å². The van der Waals surface area contributed by atoms with Crippen LogP contribution in [-0.2, 0) is 9.53 Å². The lowest BCUT2D eigenvalue weighted by molar-refractivity contribution is -0.138. The number of carbonyl (C=O) groups is 1. The summed E-state index contributed by atoms with van der Waals surface area (Å²) in [4.78, 5) is 33.2. The third kappa shape index (κ3) is 5.60. The minimum absolute atomic E-state index is 0.181. The lowest BCUT2D eigenvalue weighted by Crippen LogP contribution is -2.40. The zero-order chi connectivity index (χ0) is 29.6. The lowest BCUT2D eigenvalue weighted by Gasteiger charge is -2.26. The molecule has 3 aromatic carbocycles. The van der Waals surface area contributed by atoms with Gasteiger partial charge in [-0.25, -0.2) is 9.79 Å². The van der Waals surface area contributed by atoms with Crippen LogP contribution in [0.15, 0.2) is 88.2 Å². The van der Waals surface area contributed by atoms with Crippen LogP contribution in [0.5, 0.6) is 17.2 Å². The van der Waals surface area contributed by atoms with E-state index in [1.54, 1.807) is 24.7 Å². The normalized spacial score (nSPS) is 14.7. The van der Waals surface area contributed by atoms with Gasteiger partial charge in [0.2, 0.25) is 0 Å². The molecule has 5 rings (SSSR count). The summed E-state index contributed by atoms with van der Waals surface area (Å²) < 4.78 is 24.6. The number of thiazole rings is 1. The van der Waals surface area contributed by atoms with E-state index in [0.717, 1.165) is 11.1 Å². The van der Waals surface area contributed by atoms with Gasteiger partial charge in [-0.2, -0.15) is 0 Å². The van der Waals surface area contributed by atoms with Gasteiger partial charge in [-0.3, -0.25) is 9.36 Å². The molecule has 4 aromatic rings. The predicted molar refractivity (Wildman–Crippen MR) is 163 cm³/mol. The van der Waals surface area contributed by atoms with Gasteiger partial charge in [-0.1, -0.05) is 65.9 Å². The summed E-state index contributed by atoms with van der Waals surface area (Å²) in [6, 6.07) is 21.6. The lowest BCUT2D eigenvalue weighted by atomic mass is 9.93. The standard InChI is InChI=1S/C33H32N2O6S/c1-5-39-24-18-16-22(17-19-24)29-27(32(37)41-7-3)28(21-12-9-8-10-13-21)34-33-35(29)31(36)26(42-33)20-23-14-11-15-25(38-4)30(23)40-6-2/h8-20,29H,5-7H2,1-4H3/b26-20-/t29-/m1/s1. The Balaban J connectivity index is 1.80. The molecule has 0 spiro atoms. The predicted octanol–water partition coefficient (Wildman–Crippen LogP) is 4.74. The van der Waals surface area contributed by atoms with Crippen molar-refractivity contribution in [1.29, 1.82) is 0 Å². The Hall–Kier alpha value is -4.63. The minimum Gasteiger partial charge on any atom is -0.494 e. The van der Waals surface area contributed by atoms with Crippen LogP contribution in [0.25, 0.3) is 11.8 Å². The first-order chi connectivity index (χ1) is 20.5. The molecule has 8 nitrogen and oxygen atoms in total. The van der Waals surface area contributed by atoms with Crippen molar-refractivity contribution in [2.75, 3.05) is 26.9 Å². The van der Waals surface area contributed by atoms with Gasteiger partial charge in [0.05, 0.1) is 48.8 Å². The second-order valence-corrected chi connectivity index (χ2v) is 10.3. The van der Waals surface area contributed by atoms with E-state index in [4.69, 9.17) is 23.9 Å². The average Bonchev–Trinajstić information content (AvgIpc) is 3.32. The zero-order valence-corrected chi connectivity index (χ0v) is 24.8. The average molecular weight is 585 g/mol. The van der Waals surface area contributed by atoms with E-state index >= 15 is 0 Å². The van der Waals surface area contributed by atoms with Crippen LogP contribution >= 0.6 is 11.3 Å². The van der Waals surface area contributed by atoms with Gasteiger partial charge in [0.15, 0.2) is 16.3 Å². The highest BCUT2D eigenvalue weighted by Gasteiger charge is 2.35. The monoisotopic (exact) mass is 584 g/mol. The maximum Gasteiger partial charge on any atom is 0.338 e.